The minimum Gasteiger partial charge on any atom is -0.458 e. The van der Waals surface area contributed by atoms with E-state index in [9.17, 15) is 19.8 Å². The summed E-state index contributed by atoms with van der Waals surface area (Å²) in [6.07, 6.45) is 43.8. The Bertz CT molecular complexity index is 854. The first-order valence-corrected chi connectivity index (χ1v) is 21.7. The van der Waals surface area contributed by atoms with Crippen molar-refractivity contribution in [1.82, 2.24) is 5.32 Å². The molecule has 6 nitrogen and oxygen atoms in total. The van der Waals surface area contributed by atoms with Crippen molar-refractivity contribution in [1.29, 1.82) is 0 Å². The molecule has 3 atom stereocenters. The molecule has 0 aliphatic carbocycles. The summed E-state index contributed by atoms with van der Waals surface area (Å²) in [5, 5.41) is 23.5. The quantitative estimate of drug-likeness (QED) is 0.0336. The molecule has 3 N–H and O–H groups in total. The van der Waals surface area contributed by atoms with Crippen molar-refractivity contribution in [3.63, 3.8) is 0 Å². The van der Waals surface area contributed by atoms with Crippen LogP contribution in [0.25, 0.3) is 0 Å². The Morgan fingerprint density at radius 3 is 1.63 bits per heavy atom. The first kappa shape index (κ1) is 49.1. The molecule has 298 valence electrons. The Kier molecular flexibility index (Phi) is 37.8. The highest BCUT2D eigenvalue weighted by Gasteiger charge is 2.23. The molecule has 0 rings (SSSR count). The molecule has 51 heavy (non-hydrogen) atoms. The van der Waals surface area contributed by atoms with Gasteiger partial charge in [0.15, 0.2) is 0 Å². The molecule has 0 heterocycles. The van der Waals surface area contributed by atoms with E-state index in [1.807, 2.05) is 12.2 Å². The molecule has 0 fully saturated rings. The van der Waals surface area contributed by atoms with Crippen LogP contribution in [0, 0.1) is 0 Å². The Morgan fingerprint density at radius 2 is 1.08 bits per heavy atom. The predicted molar refractivity (Wildman–Crippen MR) is 218 cm³/mol. The Labute approximate surface area is 315 Å². The van der Waals surface area contributed by atoms with Crippen LogP contribution in [0.15, 0.2) is 36.5 Å². The van der Waals surface area contributed by atoms with Crippen molar-refractivity contribution >= 4 is 11.9 Å². The number of amides is 1. The van der Waals surface area contributed by atoms with Crippen LogP contribution in [-0.2, 0) is 14.3 Å². The molecule has 0 aromatic heterocycles. The summed E-state index contributed by atoms with van der Waals surface area (Å²) in [7, 11) is 0. The fourth-order valence-corrected chi connectivity index (χ4v) is 6.34. The lowest BCUT2D eigenvalue weighted by atomic mass is 10.0. The number of allylic oxidation sites excluding steroid dienone is 5. The molecule has 0 aromatic rings. The van der Waals surface area contributed by atoms with Crippen LogP contribution in [0.4, 0.5) is 0 Å². The van der Waals surface area contributed by atoms with Crippen LogP contribution < -0.4 is 5.32 Å². The van der Waals surface area contributed by atoms with E-state index in [-0.39, 0.29) is 24.9 Å². The fourth-order valence-electron chi connectivity index (χ4n) is 6.34. The lowest BCUT2D eigenvalue weighted by molar-refractivity contribution is -0.148. The Morgan fingerprint density at radius 1 is 0.588 bits per heavy atom. The van der Waals surface area contributed by atoms with Crippen LogP contribution in [0.3, 0.4) is 0 Å². The van der Waals surface area contributed by atoms with Gasteiger partial charge in [0.2, 0.25) is 5.91 Å². The van der Waals surface area contributed by atoms with Crippen molar-refractivity contribution in [2.75, 3.05) is 6.61 Å². The zero-order valence-electron chi connectivity index (χ0n) is 33.7. The van der Waals surface area contributed by atoms with Crippen molar-refractivity contribution in [2.24, 2.45) is 0 Å². The highest BCUT2D eigenvalue weighted by molar-refractivity contribution is 5.78. The van der Waals surface area contributed by atoms with Gasteiger partial charge in [0.1, 0.15) is 6.10 Å². The van der Waals surface area contributed by atoms with Gasteiger partial charge in [-0.1, -0.05) is 180 Å². The average molecular weight is 718 g/mol. The first-order valence-electron chi connectivity index (χ1n) is 21.7. The van der Waals surface area contributed by atoms with Gasteiger partial charge in [0.25, 0.3) is 0 Å². The smallest absolute Gasteiger partial charge is 0.306 e. The number of esters is 1. The second kappa shape index (κ2) is 39.3. The van der Waals surface area contributed by atoms with Gasteiger partial charge >= 0.3 is 5.97 Å². The molecule has 0 saturated carbocycles. The Hall–Kier alpha value is -1.92. The number of unbranched alkanes of at least 4 members (excludes halogenated alkanes) is 22. The van der Waals surface area contributed by atoms with Crippen molar-refractivity contribution in [2.45, 2.75) is 232 Å². The molecular weight excluding hydrogens is 634 g/mol. The second-order valence-corrected chi connectivity index (χ2v) is 14.7. The maximum absolute atomic E-state index is 13.0. The maximum Gasteiger partial charge on any atom is 0.306 e. The van der Waals surface area contributed by atoms with Gasteiger partial charge in [-0.2, -0.15) is 0 Å². The van der Waals surface area contributed by atoms with Crippen molar-refractivity contribution in [3.8, 4) is 0 Å². The third-order valence-electron chi connectivity index (χ3n) is 9.67. The molecule has 0 bridgehead atoms. The molecule has 6 heteroatoms. The molecular formula is C45H83NO5. The summed E-state index contributed by atoms with van der Waals surface area (Å²) in [6.45, 7) is 6.35. The molecule has 1 amide bonds. The van der Waals surface area contributed by atoms with Gasteiger partial charge < -0.3 is 20.3 Å². The number of rotatable bonds is 38. The maximum atomic E-state index is 13.0. The first-order chi connectivity index (χ1) is 25.0. The summed E-state index contributed by atoms with van der Waals surface area (Å²) in [5.41, 5.74) is 0. The van der Waals surface area contributed by atoms with E-state index in [1.165, 1.54) is 109 Å². The fraction of sp³-hybridized carbons (Fsp3) is 0.822. The SMILES string of the molecule is CCC/C=C\CCCCCCCC(=O)OC(/C=C/C/C=C\CCCCCCCC)CC(=O)NC(CO)C(O)CCCCCCCCCCCCC. The number of nitrogens with one attached hydrogen (secondary N) is 1. The predicted octanol–water partition coefficient (Wildman–Crippen LogP) is 12.2. The molecule has 0 aliphatic heterocycles. The van der Waals surface area contributed by atoms with Gasteiger partial charge in [-0.15, -0.1) is 0 Å². The monoisotopic (exact) mass is 718 g/mol. The summed E-state index contributed by atoms with van der Waals surface area (Å²) >= 11 is 0. The molecule has 0 aliphatic rings. The standard InChI is InChI=1S/C45H83NO5/c1-4-7-10-13-16-19-22-24-27-30-33-36-41(51-45(50)38-35-32-29-26-21-18-15-12-9-6-3)39-44(49)46-42(40-47)43(48)37-34-31-28-25-23-20-17-14-11-8-5-2/h12,15,24,27,33,36,41-43,47-48H,4-11,13-14,16-23,25-26,28-32,34-35,37-40H2,1-3H3,(H,46,49)/b15-12-,27-24-,36-33+. The number of aliphatic hydroxyl groups excluding tert-OH is 2. The topological polar surface area (TPSA) is 95.9 Å². The number of aliphatic hydroxyl groups is 2. The van der Waals surface area contributed by atoms with E-state index >= 15 is 0 Å². The Balaban J connectivity index is 4.70. The zero-order valence-corrected chi connectivity index (χ0v) is 33.7. The van der Waals surface area contributed by atoms with E-state index < -0.39 is 18.2 Å². The molecule has 0 spiro atoms. The van der Waals surface area contributed by atoms with Gasteiger partial charge in [-0.05, 0) is 57.4 Å². The molecule has 0 saturated heterocycles. The van der Waals surface area contributed by atoms with Gasteiger partial charge in [-0.25, -0.2) is 0 Å². The second-order valence-electron chi connectivity index (χ2n) is 14.7. The number of hydrogen-bond acceptors (Lipinski definition) is 5. The van der Waals surface area contributed by atoms with Crippen molar-refractivity contribution < 1.29 is 24.5 Å². The molecule has 0 radical (unpaired) electrons. The zero-order chi connectivity index (χ0) is 37.5. The highest BCUT2D eigenvalue weighted by atomic mass is 16.5. The van der Waals surface area contributed by atoms with Gasteiger partial charge in [-0.3, -0.25) is 9.59 Å². The van der Waals surface area contributed by atoms with Crippen LogP contribution >= 0.6 is 0 Å². The number of carbonyl (C=O) groups is 2. The van der Waals surface area contributed by atoms with Crippen LogP contribution in [0.1, 0.15) is 213 Å². The molecule has 3 unspecified atom stereocenters. The summed E-state index contributed by atoms with van der Waals surface area (Å²) < 4.78 is 5.77. The van der Waals surface area contributed by atoms with Crippen LogP contribution in [0.5, 0.6) is 0 Å². The lowest BCUT2D eigenvalue weighted by Crippen LogP contribution is -2.46. The number of carbonyl (C=O) groups excluding carboxylic acids is 2. The molecule has 0 aromatic carbocycles. The number of ether oxygens (including phenoxy) is 1. The van der Waals surface area contributed by atoms with E-state index in [1.54, 1.807) is 0 Å². The van der Waals surface area contributed by atoms with Crippen molar-refractivity contribution in [3.05, 3.63) is 36.5 Å². The minimum atomic E-state index is -0.807. The summed E-state index contributed by atoms with van der Waals surface area (Å²) in [5.74, 6) is -0.616. The normalized spacial score (nSPS) is 13.7. The van der Waals surface area contributed by atoms with Gasteiger partial charge in [0, 0.05) is 6.42 Å². The summed E-state index contributed by atoms with van der Waals surface area (Å²) in [6, 6.07) is -0.729. The van der Waals surface area contributed by atoms with E-state index in [2.05, 4.69) is 50.4 Å². The minimum absolute atomic E-state index is 0.0308. The third-order valence-corrected chi connectivity index (χ3v) is 9.67. The highest BCUT2D eigenvalue weighted by Crippen LogP contribution is 2.15. The van der Waals surface area contributed by atoms with Gasteiger partial charge in [0.05, 0.1) is 25.2 Å². The summed E-state index contributed by atoms with van der Waals surface area (Å²) in [4.78, 5) is 25.8. The largest absolute Gasteiger partial charge is 0.458 e. The van der Waals surface area contributed by atoms with E-state index in [4.69, 9.17) is 4.74 Å². The van der Waals surface area contributed by atoms with E-state index in [0.717, 1.165) is 64.2 Å². The van der Waals surface area contributed by atoms with E-state index in [0.29, 0.717) is 12.8 Å². The van der Waals surface area contributed by atoms with Crippen LogP contribution in [-0.4, -0.2) is 46.9 Å². The van der Waals surface area contributed by atoms with Crippen LogP contribution in [0.2, 0.25) is 0 Å². The lowest BCUT2D eigenvalue weighted by Gasteiger charge is -2.23. The average Bonchev–Trinajstić information content (AvgIpc) is 3.12. The number of hydrogen-bond donors (Lipinski definition) is 3. The third kappa shape index (κ3) is 34.9.